The molecule has 0 aliphatic carbocycles. The minimum Gasteiger partial charge on any atom is -0.496 e. The Hall–Kier alpha value is -1.26. The number of carbonyl (C=O) groups excluding carboxylic acids is 1. The van der Waals surface area contributed by atoms with Gasteiger partial charge in [0.1, 0.15) is 5.75 Å². The lowest BCUT2D eigenvalue weighted by atomic mass is 10.1. The molecule has 0 saturated heterocycles. The van der Waals surface area contributed by atoms with Gasteiger partial charge in [-0.3, -0.25) is 4.79 Å². The second-order valence-corrected chi connectivity index (χ2v) is 4.14. The summed E-state index contributed by atoms with van der Waals surface area (Å²) < 4.78 is 10.3. The lowest BCUT2D eigenvalue weighted by Crippen LogP contribution is -2.27. The molecular formula is C13H18ClNO3. The average Bonchev–Trinajstić information content (AvgIpc) is 2.38. The van der Waals surface area contributed by atoms with E-state index in [1.54, 1.807) is 19.2 Å². The van der Waals surface area contributed by atoms with Crippen LogP contribution >= 0.6 is 11.6 Å². The number of hydrogen-bond acceptors (Lipinski definition) is 3. The highest BCUT2D eigenvalue weighted by Gasteiger charge is 2.11. The third-order valence-corrected chi connectivity index (χ3v) is 2.51. The van der Waals surface area contributed by atoms with Crippen molar-refractivity contribution < 1.29 is 14.3 Å². The van der Waals surface area contributed by atoms with Crippen LogP contribution in [0.15, 0.2) is 18.2 Å². The van der Waals surface area contributed by atoms with Crippen LogP contribution in [0.1, 0.15) is 15.9 Å². The fourth-order valence-electron chi connectivity index (χ4n) is 1.49. The Morgan fingerprint density at radius 3 is 2.83 bits per heavy atom. The SMILES string of the molecule is COc1ccc(C)cc1C(=O)NCCOCCCl. The Bertz CT molecular complexity index is 396. The molecule has 0 aliphatic rings. The highest BCUT2D eigenvalue weighted by molar-refractivity contribution is 6.17. The molecule has 1 N–H and O–H groups in total. The maximum Gasteiger partial charge on any atom is 0.255 e. The summed E-state index contributed by atoms with van der Waals surface area (Å²) in [6, 6.07) is 5.49. The fraction of sp³-hybridized carbons (Fsp3) is 0.462. The molecule has 0 radical (unpaired) electrons. The van der Waals surface area contributed by atoms with Crippen LogP contribution in [0.4, 0.5) is 0 Å². The van der Waals surface area contributed by atoms with Crippen LogP contribution in [-0.2, 0) is 4.74 Å². The largest absolute Gasteiger partial charge is 0.496 e. The number of methoxy groups -OCH3 is 1. The Balaban J connectivity index is 2.52. The molecule has 0 atom stereocenters. The van der Waals surface area contributed by atoms with Gasteiger partial charge in [-0.05, 0) is 19.1 Å². The molecular weight excluding hydrogens is 254 g/mol. The van der Waals surface area contributed by atoms with Crippen LogP contribution in [0.25, 0.3) is 0 Å². The molecule has 0 unspecified atom stereocenters. The van der Waals surface area contributed by atoms with Gasteiger partial charge in [-0.15, -0.1) is 11.6 Å². The molecule has 1 aromatic rings. The standard InChI is InChI=1S/C13H18ClNO3/c1-10-3-4-12(17-2)11(9-10)13(16)15-6-8-18-7-5-14/h3-4,9H,5-8H2,1-2H3,(H,15,16). The van der Waals surface area contributed by atoms with Crippen molar-refractivity contribution >= 4 is 17.5 Å². The Morgan fingerprint density at radius 2 is 2.17 bits per heavy atom. The third kappa shape index (κ3) is 4.55. The van der Waals surface area contributed by atoms with Crippen molar-refractivity contribution in [2.24, 2.45) is 0 Å². The minimum atomic E-state index is -0.162. The van der Waals surface area contributed by atoms with Gasteiger partial charge in [0.2, 0.25) is 0 Å². The van der Waals surface area contributed by atoms with E-state index >= 15 is 0 Å². The third-order valence-electron chi connectivity index (χ3n) is 2.35. The zero-order valence-electron chi connectivity index (χ0n) is 10.7. The van der Waals surface area contributed by atoms with E-state index in [1.165, 1.54) is 0 Å². The van der Waals surface area contributed by atoms with Crippen molar-refractivity contribution in [1.29, 1.82) is 0 Å². The van der Waals surface area contributed by atoms with Crippen LogP contribution in [0.3, 0.4) is 0 Å². The molecule has 18 heavy (non-hydrogen) atoms. The molecule has 1 amide bonds. The number of rotatable bonds is 7. The summed E-state index contributed by atoms with van der Waals surface area (Å²) in [6.07, 6.45) is 0. The number of nitrogens with one attached hydrogen (secondary N) is 1. The summed E-state index contributed by atoms with van der Waals surface area (Å²) >= 11 is 5.47. The van der Waals surface area contributed by atoms with Crippen LogP contribution < -0.4 is 10.1 Å². The number of amides is 1. The first-order chi connectivity index (χ1) is 8.69. The first-order valence-electron chi connectivity index (χ1n) is 5.75. The maximum absolute atomic E-state index is 11.9. The Morgan fingerprint density at radius 1 is 1.39 bits per heavy atom. The second kappa shape index (κ2) is 7.95. The highest BCUT2D eigenvalue weighted by Crippen LogP contribution is 2.19. The molecule has 0 saturated carbocycles. The predicted octanol–water partition coefficient (Wildman–Crippen LogP) is 1.99. The molecule has 0 aromatic heterocycles. The smallest absolute Gasteiger partial charge is 0.255 e. The quantitative estimate of drug-likeness (QED) is 0.609. The minimum absolute atomic E-state index is 0.162. The number of aryl methyl sites for hydroxylation is 1. The molecule has 0 spiro atoms. The van der Waals surface area contributed by atoms with Crippen molar-refractivity contribution in [3.63, 3.8) is 0 Å². The van der Waals surface area contributed by atoms with Crippen LogP contribution in [0, 0.1) is 6.92 Å². The molecule has 0 bridgehead atoms. The Kier molecular flexibility index (Phi) is 6.54. The summed E-state index contributed by atoms with van der Waals surface area (Å²) in [5, 5.41) is 2.77. The van der Waals surface area contributed by atoms with Gasteiger partial charge in [-0.1, -0.05) is 11.6 Å². The number of halogens is 1. The number of ether oxygens (including phenoxy) is 2. The summed E-state index contributed by atoms with van der Waals surface area (Å²) in [4.78, 5) is 11.9. The summed E-state index contributed by atoms with van der Waals surface area (Å²) in [7, 11) is 1.55. The summed E-state index contributed by atoms with van der Waals surface area (Å²) in [5.74, 6) is 0.865. The van der Waals surface area contributed by atoms with Crippen molar-refractivity contribution in [3.8, 4) is 5.75 Å². The van der Waals surface area contributed by atoms with Gasteiger partial charge in [0.15, 0.2) is 0 Å². The van der Waals surface area contributed by atoms with Gasteiger partial charge < -0.3 is 14.8 Å². The zero-order chi connectivity index (χ0) is 13.4. The molecule has 4 nitrogen and oxygen atoms in total. The van der Waals surface area contributed by atoms with Crippen molar-refractivity contribution in [2.45, 2.75) is 6.92 Å². The van der Waals surface area contributed by atoms with Gasteiger partial charge in [-0.25, -0.2) is 0 Å². The zero-order valence-corrected chi connectivity index (χ0v) is 11.4. The lowest BCUT2D eigenvalue weighted by molar-refractivity contribution is 0.0920. The predicted molar refractivity (Wildman–Crippen MR) is 71.6 cm³/mol. The molecule has 100 valence electrons. The van der Waals surface area contributed by atoms with Gasteiger partial charge in [0.05, 0.1) is 25.9 Å². The molecule has 0 aliphatic heterocycles. The Labute approximate surface area is 112 Å². The van der Waals surface area contributed by atoms with E-state index in [2.05, 4.69) is 5.32 Å². The van der Waals surface area contributed by atoms with E-state index in [4.69, 9.17) is 21.1 Å². The molecule has 5 heteroatoms. The molecule has 0 fully saturated rings. The van der Waals surface area contributed by atoms with E-state index in [1.807, 2.05) is 13.0 Å². The molecule has 0 heterocycles. The highest BCUT2D eigenvalue weighted by atomic mass is 35.5. The number of hydrogen-bond donors (Lipinski definition) is 1. The number of benzene rings is 1. The van der Waals surface area contributed by atoms with Gasteiger partial charge in [-0.2, -0.15) is 0 Å². The van der Waals surface area contributed by atoms with Crippen molar-refractivity contribution in [3.05, 3.63) is 29.3 Å². The van der Waals surface area contributed by atoms with Crippen LogP contribution in [-0.4, -0.2) is 38.7 Å². The second-order valence-electron chi connectivity index (χ2n) is 3.76. The fourth-order valence-corrected chi connectivity index (χ4v) is 1.60. The summed E-state index contributed by atoms with van der Waals surface area (Å²) in [6.45, 7) is 3.32. The van der Waals surface area contributed by atoms with E-state index in [0.29, 0.717) is 37.0 Å². The number of carbonyl (C=O) groups is 1. The van der Waals surface area contributed by atoms with E-state index < -0.39 is 0 Å². The van der Waals surface area contributed by atoms with Gasteiger partial charge in [0, 0.05) is 12.4 Å². The van der Waals surface area contributed by atoms with E-state index in [9.17, 15) is 4.79 Å². The molecule has 1 rings (SSSR count). The summed E-state index contributed by atoms with van der Waals surface area (Å²) in [5.41, 5.74) is 1.55. The maximum atomic E-state index is 11.9. The van der Waals surface area contributed by atoms with Gasteiger partial charge >= 0.3 is 0 Å². The van der Waals surface area contributed by atoms with Crippen molar-refractivity contribution in [2.75, 3.05) is 32.7 Å². The monoisotopic (exact) mass is 271 g/mol. The number of alkyl halides is 1. The van der Waals surface area contributed by atoms with Gasteiger partial charge in [0.25, 0.3) is 5.91 Å². The van der Waals surface area contributed by atoms with Crippen LogP contribution in [0.5, 0.6) is 5.75 Å². The average molecular weight is 272 g/mol. The van der Waals surface area contributed by atoms with Crippen molar-refractivity contribution in [1.82, 2.24) is 5.32 Å². The molecule has 1 aromatic carbocycles. The van der Waals surface area contributed by atoms with E-state index in [0.717, 1.165) is 5.56 Å². The lowest BCUT2D eigenvalue weighted by Gasteiger charge is -2.10. The van der Waals surface area contributed by atoms with Crippen LogP contribution in [0.2, 0.25) is 0 Å². The first-order valence-corrected chi connectivity index (χ1v) is 6.29. The van der Waals surface area contributed by atoms with E-state index in [-0.39, 0.29) is 5.91 Å². The normalized spacial score (nSPS) is 10.2. The topological polar surface area (TPSA) is 47.6 Å². The first kappa shape index (κ1) is 14.8.